The number of nitrogens with zero attached hydrogens (tertiary/aromatic N) is 3. The van der Waals surface area contributed by atoms with Crippen molar-refractivity contribution in [2.75, 3.05) is 6.61 Å². The van der Waals surface area contributed by atoms with Crippen LogP contribution in [0.5, 0.6) is 0 Å². The molecule has 1 atom stereocenters. The monoisotopic (exact) mass is 247 g/mol. The Morgan fingerprint density at radius 2 is 2.28 bits per heavy atom. The van der Waals surface area contributed by atoms with Crippen molar-refractivity contribution >= 4 is 17.1 Å². The van der Waals surface area contributed by atoms with E-state index in [9.17, 15) is 4.79 Å². The van der Waals surface area contributed by atoms with E-state index in [1.165, 1.54) is 0 Å². The first-order valence-electron chi connectivity index (χ1n) is 6.16. The summed E-state index contributed by atoms with van der Waals surface area (Å²) in [5.41, 5.74) is 1.62. The molecule has 96 valence electrons. The Morgan fingerprint density at radius 1 is 1.50 bits per heavy atom. The van der Waals surface area contributed by atoms with Crippen molar-refractivity contribution in [3.63, 3.8) is 0 Å². The normalized spacial score (nSPS) is 12.6. The number of pyridine rings is 1. The van der Waals surface area contributed by atoms with Crippen molar-refractivity contribution in [3.05, 3.63) is 24.2 Å². The number of aromatic nitrogens is 3. The SMILES string of the molecule is CCOC(=O)C(C)c1nc2cccnc2n1CC. The maximum Gasteiger partial charge on any atom is 0.316 e. The summed E-state index contributed by atoms with van der Waals surface area (Å²) >= 11 is 0. The van der Waals surface area contributed by atoms with Gasteiger partial charge in [0.2, 0.25) is 0 Å². The predicted molar refractivity (Wildman–Crippen MR) is 68.3 cm³/mol. The molecule has 2 aromatic heterocycles. The second-order valence-electron chi connectivity index (χ2n) is 4.03. The molecule has 0 bridgehead atoms. The molecule has 0 saturated heterocycles. The standard InChI is InChI=1S/C13H17N3O2/c1-4-16-11(9(3)13(17)18-5-2)15-10-7-6-8-14-12(10)16/h6-9H,4-5H2,1-3H3. The maximum atomic E-state index is 11.8. The minimum Gasteiger partial charge on any atom is -0.465 e. The molecule has 18 heavy (non-hydrogen) atoms. The van der Waals surface area contributed by atoms with Crippen molar-refractivity contribution < 1.29 is 9.53 Å². The molecule has 0 aliphatic carbocycles. The van der Waals surface area contributed by atoms with Gasteiger partial charge in [-0.25, -0.2) is 9.97 Å². The predicted octanol–water partition coefficient (Wildman–Crippen LogP) is 2.12. The van der Waals surface area contributed by atoms with Crippen LogP contribution >= 0.6 is 0 Å². The van der Waals surface area contributed by atoms with E-state index >= 15 is 0 Å². The van der Waals surface area contributed by atoms with Crippen molar-refractivity contribution in [2.24, 2.45) is 0 Å². The van der Waals surface area contributed by atoms with Crippen LogP contribution < -0.4 is 0 Å². The number of hydrogen-bond donors (Lipinski definition) is 0. The summed E-state index contributed by atoms with van der Waals surface area (Å²) in [6.45, 7) is 6.73. The van der Waals surface area contributed by atoms with Crippen LogP contribution in [0.4, 0.5) is 0 Å². The van der Waals surface area contributed by atoms with Gasteiger partial charge in [0.25, 0.3) is 0 Å². The van der Waals surface area contributed by atoms with E-state index in [-0.39, 0.29) is 11.9 Å². The number of imidazole rings is 1. The molecule has 1 unspecified atom stereocenters. The van der Waals surface area contributed by atoms with Crippen LogP contribution in [0, 0.1) is 0 Å². The van der Waals surface area contributed by atoms with E-state index in [0.717, 1.165) is 17.7 Å². The summed E-state index contributed by atoms with van der Waals surface area (Å²) < 4.78 is 7.00. The van der Waals surface area contributed by atoms with E-state index in [2.05, 4.69) is 9.97 Å². The first-order valence-corrected chi connectivity index (χ1v) is 6.16. The van der Waals surface area contributed by atoms with E-state index in [1.54, 1.807) is 13.1 Å². The number of rotatable bonds is 4. The van der Waals surface area contributed by atoms with Crippen LogP contribution in [0.3, 0.4) is 0 Å². The molecular formula is C13H17N3O2. The number of hydrogen-bond acceptors (Lipinski definition) is 4. The highest BCUT2D eigenvalue weighted by atomic mass is 16.5. The smallest absolute Gasteiger partial charge is 0.316 e. The van der Waals surface area contributed by atoms with Crippen LogP contribution in [-0.2, 0) is 16.1 Å². The molecule has 2 heterocycles. The lowest BCUT2D eigenvalue weighted by molar-refractivity contribution is -0.144. The van der Waals surface area contributed by atoms with Gasteiger partial charge >= 0.3 is 5.97 Å². The molecule has 0 amide bonds. The highest BCUT2D eigenvalue weighted by molar-refractivity contribution is 5.79. The quantitative estimate of drug-likeness (QED) is 0.776. The average molecular weight is 247 g/mol. The highest BCUT2D eigenvalue weighted by Crippen LogP contribution is 2.21. The molecule has 0 saturated carbocycles. The minimum absolute atomic E-state index is 0.248. The molecule has 0 aliphatic heterocycles. The molecule has 5 heteroatoms. The van der Waals surface area contributed by atoms with Crippen LogP contribution in [-0.4, -0.2) is 27.1 Å². The van der Waals surface area contributed by atoms with E-state index < -0.39 is 0 Å². The molecular weight excluding hydrogens is 230 g/mol. The van der Waals surface area contributed by atoms with Crippen molar-refractivity contribution in [3.8, 4) is 0 Å². The summed E-state index contributed by atoms with van der Waals surface area (Å²) in [6.07, 6.45) is 1.73. The van der Waals surface area contributed by atoms with Gasteiger partial charge in [-0.1, -0.05) is 0 Å². The molecule has 0 aliphatic rings. The summed E-state index contributed by atoms with van der Waals surface area (Å²) in [4.78, 5) is 20.6. The molecule has 0 spiro atoms. The Bertz CT molecular complexity index is 562. The molecule has 2 aromatic rings. The molecule has 5 nitrogen and oxygen atoms in total. The third-order valence-corrected chi connectivity index (χ3v) is 2.88. The fraction of sp³-hybridized carbons (Fsp3) is 0.462. The summed E-state index contributed by atoms with van der Waals surface area (Å²) in [6, 6.07) is 3.74. The largest absolute Gasteiger partial charge is 0.465 e. The molecule has 2 rings (SSSR count). The summed E-state index contributed by atoms with van der Waals surface area (Å²) in [5.74, 6) is 0.0891. The zero-order valence-corrected chi connectivity index (χ0v) is 10.9. The number of carbonyl (C=O) groups is 1. The van der Waals surface area contributed by atoms with Gasteiger partial charge in [-0.15, -0.1) is 0 Å². The zero-order valence-electron chi connectivity index (χ0n) is 10.9. The molecule has 0 radical (unpaired) electrons. The second kappa shape index (κ2) is 5.16. The topological polar surface area (TPSA) is 57.0 Å². The number of esters is 1. The fourth-order valence-corrected chi connectivity index (χ4v) is 1.99. The van der Waals surface area contributed by atoms with Gasteiger partial charge < -0.3 is 9.30 Å². The van der Waals surface area contributed by atoms with Crippen molar-refractivity contribution in [1.29, 1.82) is 0 Å². The van der Waals surface area contributed by atoms with Gasteiger partial charge in [0, 0.05) is 12.7 Å². The Morgan fingerprint density at radius 3 is 2.94 bits per heavy atom. The van der Waals surface area contributed by atoms with E-state index in [1.807, 2.05) is 30.5 Å². The highest BCUT2D eigenvalue weighted by Gasteiger charge is 2.23. The lowest BCUT2D eigenvalue weighted by Gasteiger charge is -2.11. The Hall–Kier alpha value is -1.91. The first-order chi connectivity index (χ1) is 8.69. The van der Waals surface area contributed by atoms with Gasteiger partial charge in [-0.3, -0.25) is 4.79 Å². The number of carbonyl (C=O) groups excluding carboxylic acids is 1. The molecule has 0 aromatic carbocycles. The van der Waals surface area contributed by atoms with Gasteiger partial charge in [0.15, 0.2) is 5.65 Å². The van der Waals surface area contributed by atoms with Crippen LogP contribution in [0.25, 0.3) is 11.2 Å². The van der Waals surface area contributed by atoms with Gasteiger partial charge in [0.05, 0.1) is 6.61 Å². The van der Waals surface area contributed by atoms with Gasteiger partial charge in [-0.2, -0.15) is 0 Å². The maximum absolute atomic E-state index is 11.8. The Labute approximate surface area is 106 Å². The zero-order chi connectivity index (χ0) is 13.1. The lowest BCUT2D eigenvalue weighted by Crippen LogP contribution is -2.17. The van der Waals surface area contributed by atoms with Gasteiger partial charge in [-0.05, 0) is 32.9 Å². The van der Waals surface area contributed by atoms with Crippen LogP contribution in [0.1, 0.15) is 32.5 Å². The van der Waals surface area contributed by atoms with Crippen molar-refractivity contribution in [1.82, 2.24) is 14.5 Å². The van der Waals surface area contributed by atoms with Crippen LogP contribution in [0.2, 0.25) is 0 Å². The Kier molecular flexibility index (Phi) is 3.60. The molecule has 0 fully saturated rings. The van der Waals surface area contributed by atoms with Gasteiger partial charge in [0.1, 0.15) is 17.3 Å². The van der Waals surface area contributed by atoms with Crippen molar-refractivity contribution in [2.45, 2.75) is 33.2 Å². The second-order valence-corrected chi connectivity index (χ2v) is 4.03. The average Bonchev–Trinajstić information content (AvgIpc) is 2.76. The van der Waals surface area contributed by atoms with E-state index in [4.69, 9.17) is 4.74 Å². The van der Waals surface area contributed by atoms with Crippen LogP contribution in [0.15, 0.2) is 18.3 Å². The third-order valence-electron chi connectivity index (χ3n) is 2.88. The van der Waals surface area contributed by atoms with E-state index in [0.29, 0.717) is 12.4 Å². The minimum atomic E-state index is -0.376. The lowest BCUT2D eigenvalue weighted by atomic mass is 10.1. The Balaban J connectivity index is 2.46. The number of ether oxygens (including phenoxy) is 1. The number of fused-ring (bicyclic) bond motifs is 1. The fourth-order valence-electron chi connectivity index (χ4n) is 1.99. The summed E-state index contributed by atoms with van der Waals surface area (Å²) in [7, 11) is 0. The first kappa shape index (κ1) is 12.5. The summed E-state index contributed by atoms with van der Waals surface area (Å²) in [5, 5.41) is 0. The number of aryl methyl sites for hydroxylation is 1. The third kappa shape index (κ3) is 2.08. The molecule has 0 N–H and O–H groups in total.